The SMILES string of the molecule is CC(C)CC(C(=O)O)N1C(=O)c2ccccc2C1O. The summed E-state index contributed by atoms with van der Waals surface area (Å²) < 4.78 is 0. The molecule has 0 saturated carbocycles. The molecule has 102 valence electrons. The van der Waals surface area contributed by atoms with E-state index in [0.717, 1.165) is 4.90 Å². The number of hydrogen-bond donors (Lipinski definition) is 2. The molecule has 1 aliphatic heterocycles. The fourth-order valence-electron chi connectivity index (χ4n) is 2.41. The van der Waals surface area contributed by atoms with E-state index in [0.29, 0.717) is 17.5 Å². The van der Waals surface area contributed by atoms with Gasteiger partial charge in [-0.2, -0.15) is 0 Å². The summed E-state index contributed by atoms with van der Waals surface area (Å²) in [5.74, 6) is -1.39. The van der Waals surface area contributed by atoms with E-state index in [9.17, 15) is 19.8 Å². The number of amides is 1. The molecule has 2 unspecified atom stereocenters. The first-order chi connectivity index (χ1) is 8.93. The first-order valence-corrected chi connectivity index (χ1v) is 6.26. The lowest BCUT2D eigenvalue weighted by atomic mass is 10.0. The summed E-state index contributed by atoms with van der Waals surface area (Å²) in [5.41, 5.74) is 0.854. The lowest BCUT2D eigenvalue weighted by Gasteiger charge is -2.28. The van der Waals surface area contributed by atoms with Crippen LogP contribution in [0.25, 0.3) is 0 Å². The van der Waals surface area contributed by atoms with Gasteiger partial charge in [0.15, 0.2) is 6.23 Å². The first kappa shape index (κ1) is 13.5. The van der Waals surface area contributed by atoms with Gasteiger partial charge in [-0.25, -0.2) is 4.79 Å². The molecule has 2 N–H and O–H groups in total. The lowest BCUT2D eigenvalue weighted by Crippen LogP contribution is -2.44. The van der Waals surface area contributed by atoms with Crippen molar-refractivity contribution in [1.82, 2.24) is 4.90 Å². The molecule has 1 aromatic rings. The van der Waals surface area contributed by atoms with Crippen LogP contribution in [0.15, 0.2) is 24.3 Å². The van der Waals surface area contributed by atoms with Gasteiger partial charge in [0.2, 0.25) is 0 Å². The van der Waals surface area contributed by atoms with Crippen molar-refractivity contribution in [1.29, 1.82) is 0 Å². The smallest absolute Gasteiger partial charge is 0.326 e. The van der Waals surface area contributed by atoms with Gasteiger partial charge in [-0.05, 0) is 18.4 Å². The Bertz CT molecular complexity index is 512. The van der Waals surface area contributed by atoms with Gasteiger partial charge in [-0.3, -0.25) is 9.69 Å². The number of benzene rings is 1. The van der Waals surface area contributed by atoms with Crippen molar-refractivity contribution < 1.29 is 19.8 Å². The molecule has 1 heterocycles. The topological polar surface area (TPSA) is 77.8 Å². The fraction of sp³-hybridized carbons (Fsp3) is 0.429. The predicted molar refractivity (Wildman–Crippen MR) is 68.5 cm³/mol. The number of nitrogens with zero attached hydrogens (tertiary/aromatic N) is 1. The van der Waals surface area contributed by atoms with Crippen molar-refractivity contribution >= 4 is 11.9 Å². The van der Waals surface area contributed by atoms with Gasteiger partial charge in [0.05, 0.1) is 0 Å². The molecule has 0 spiro atoms. The highest BCUT2D eigenvalue weighted by Gasteiger charge is 2.42. The Morgan fingerprint density at radius 1 is 1.37 bits per heavy atom. The quantitative estimate of drug-likeness (QED) is 0.865. The average molecular weight is 263 g/mol. The van der Waals surface area contributed by atoms with Crippen LogP contribution >= 0.6 is 0 Å². The molecule has 5 heteroatoms. The largest absolute Gasteiger partial charge is 0.480 e. The van der Waals surface area contributed by atoms with Gasteiger partial charge >= 0.3 is 5.97 Å². The minimum atomic E-state index is -1.18. The zero-order valence-corrected chi connectivity index (χ0v) is 10.9. The van der Waals surface area contributed by atoms with E-state index < -0.39 is 24.1 Å². The maximum atomic E-state index is 12.2. The summed E-state index contributed by atoms with van der Waals surface area (Å²) in [6.45, 7) is 3.77. The second-order valence-electron chi connectivity index (χ2n) is 5.16. The maximum Gasteiger partial charge on any atom is 0.326 e. The number of carboxylic acid groups (broad SMARTS) is 1. The zero-order valence-electron chi connectivity index (χ0n) is 10.9. The van der Waals surface area contributed by atoms with Crippen LogP contribution in [-0.4, -0.2) is 33.0 Å². The monoisotopic (exact) mass is 263 g/mol. The molecule has 1 aliphatic rings. The molecule has 0 bridgehead atoms. The van der Waals surface area contributed by atoms with Crippen molar-refractivity contribution in [2.24, 2.45) is 5.92 Å². The molecule has 19 heavy (non-hydrogen) atoms. The standard InChI is InChI=1S/C14H17NO4/c1-8(2)7-11(14(18)19)15-12(16)9-5-3-4-6-10(9)13(15)17/h3-6,8,11-12,16H,7H2,1-2H3,(H,18,19). The van der Waals surface area contributed by atoms with Crippen molar-refractivity contribution in [3.05, 3.63) is 35.4 Å². The van der Waals surface area contributed by atoms with Crippen LogP contribution < -0.4 is 0 Å². The number of aliphatic hydroxyl groups is 1. The summed E-state index contributed by atoms with van der Waals surface area (Å²) in [6, 6.07) is 5.67. The Kier molecular flexibility index (Phi) is 3.57. The highest BCUT2D eigenvalue weighted by Crippen LogP contribution is 2.34. The second kappa shape index (κ2) is 5.01. The number of aliphatic carboxylic acids is 1. The zero-order chi connectivity index (χ0) is 14.2. The summed E-state index contributed by atoms with van der Waals surface area (Å²) >= 11 is 0. The molecule has 2 rings (SSSR count). The van der Waals surface area contributed by atoms with E-state index in [1.807, 2.05) is 13.8 Å². The normalized spacial score (nSPS) is 19.7. The van der Waals surface area contributed by atoms with Gasteiger partial charge in [-0.15, -0.1) is 0 Å². The Hall–Kier alpha value is -1.88. The summed E-state index contributed by atoms with van der Waals surface area (Å²) in [5, 5.41) is 19.5. The molecule has 5 nitrogen and oxygen atoms in total. The van der Waals surface area contributed by atoms with Gasteiger partial charge in [0.25, 0.3) is 5.91 Å². The van der Waals surface area contributed by atoms with E-state index in [2.05, 4.69) is 0 Å². The number of rotatable bonds is 4. The first-order valence-electron chi connectivity index (χ1n) is 6.26. The lowest BCUT2D eigenvalue weighted by molar-refractivity contribution is -0.146. The summed E-state index contributed by atoms with van der Waals surface area (Å²) in [4.78, 5) is 24.7. The van der Waals surface area contributed by atoms with E-state index in [4.69, 9.17) is 0 Å². The molecular weight excluding hydrogens is 246 g/mol. The molecular formula is C14H17NO4. The number of carbonyl (C=O) groups excluding carboxylic acids is 1. The van der Waals surface area contributed by atoms with E-state index in [1.54, 1.807) is 24.3 Å². The van der Waals surface area contributed by atoms with Crippen LogP contribution in [0.2, 0.25) is 0 Å². The number of carbonyl (C=O) groups is 2. The Labute approximate surface area is 111 Å². The third kappa shape index (κ3) is 2.33. The van der Waals surface area contributed by atoms with Crippen molar-refractivity contribution in [3.8, 4) is 0 Å². The average Bonchev–Trinajstić information content (AvgIpc) is 2.60. The highest BCUT2D eigenvalue weighted by molar-refractivity contribution is 6.00. The van der Waals surface area contributed by atoms with Crippen molar-refractivity contribution in [2.45, 2.75) is 32.5 Å². The third-order valence-electron chi connectivity index (χ3n) is 3.28. The van der Waals surface area contributed by atoms with E-state index in [-0.39, 0.29) is 5.92 Å². The van der Waals surface area contributed by atoms with Crippen molar-refractivity contribution in [2.75, 3.05) is 0 Å². The van der Waals surface area contributed by atoms with Crippen LogP contribution in [-0.2, 0) is 4.79 Å². The van der Waals surface area contributed by atoms with Gasteiger partial charge in [0.1, 0.15) is 6.04 Å². The molecule has 1 amide bonds. The minimum Gasteiger partial charge on any atom is -0.480 e. The van der Waals surface area contributed by atoms with Crippen LogP contribution in [0.4, 0.5) is 0 Å². The predicted octanol–water partition coefficient (Wildman–Crippen LogP) is 1.63. The number of hydrogen-bond acceptors (Lipinski definition) is 3. The van der Waals surface area contributed by atoms with Crippen LogP contribution in [0.5, 0.6) is 0 Å². The number of aliphatic hydroxyl groups excluding tert-OH is 1. The maximum absolute atomic E-state index is 12.2. The Morgan fingerprint density at radius 3 is 2.53 bits per heavy atom. The molecule has 0 aromatic heterocycles. The van der Waals surface area contributed by atoms with E-state index in [1.165, 1.54) is 0 Å². The summed E-state index contributed by atoms with van der Waals surface area (Å²) in [7, 11) is 0. The van der Waals surface area contributed by atoms with Crippen LogP contribution in [0.1, 0.15) is 42.4 Å². The van der Waals surface area contributed by atoms with E-state index >= 15 is 0 Å². The van der Waals surface area contributed by atoms with Crippen LogP contribution in [0.3, 0.4) is 0 Å². The molecule has 0 radical (unpaired) electrons. The Morgan fingerprint density at radius 2 is 2.00 bits per heavy atom. The molecule has 2 atom stereocenters. The Balaban J connectivity index is 2.36. The van der Waals surface area contributed by atoms with Gasteiger partial charge in [-0.1, -0.05) is 32.0 Å². The molecule has 1 aromatic carbocycles. The van der Waals surface area contributed by atoms with Crippen LogP contribution in [0, 0.1) is 5.92 Å². The second-order valence-corrected chi connectivity index (χ2v) is 5.16. The van der Waals surface area contributed by atoms with Gasteiger partial charge in [0, 0.05) is 11.1 Å². The number of fused-ring (bicyclic) bond motifs is 1. The minimum absolute atomic E-state index is 0.116. The number of carboxylic acids is 1. The van der Waals surface area contributed by atoms with Gasteiger partial charge < -0.3 is 10.2 Å². The molecule has 0 fully saturated rings. The fourth-order valence-corrected chi connectivity index (χ4v) is 2.41. The molecule has 0 saturated heterocycles. The highest BCUT2D eigenvalue weighted by atomic mass is 16.4. The third-order valence-corrected chi connectivity index (χ3v) is 3.28. The summed E-state index contributed by atoms with van der Waals surface area (Å²) in [6.07, 6.45) is -0.866. The van der Waals surface area contributed by atoms with Crippen molar-refractivity contribution in [3.63, 3.8) is 0 Å². The molecule has 0 aliphatic carbocycles.